The first-order valence-corrected chi connectivity index (χ1v) is 31.2. The summed E-state index contributed by atoms with van der Waals surface area (Å²) in [6.45, 7) is 40.6. The Bertz CT molecular complexity index is 2040. The van der Waals surface area contributed by atoms with Crippen molar-refractivity contribution in [2.45, 2.75) is 191 Å². The maximum atomic E-state index is 14.1. The molecule has 19 N–H and O–H groups in total. The van der Waals surface area contributed by atoms with Crippen LogP contribution >= 0.6 is 0 Å². The topological polar surface area (TPSA) is 459 Å². The number of nitrogens with two attached hydrogens (primary N) is 4. The van der Waals surface area contributed by atoms with Crippen LogP contribution in [0.1, 0.15) is 159 Å². The van der Waals surface area contributed by atoms with E-state index in [4.69, 9.17) is 33.9 Å². The van der Waals surface area contributed by atoms with Crippen molar-refractivity contribution in [1.82, 2.24) is 43.4 Å². The summed E-state index contributed by atoms with van der Waals surface area (Å²) < 4.78 is 0. The molecule has 25 heteroatoms. The Morgan fingerprint density at radius 1 is 0.531 bits per heavy atom. The number of carbonyl (C=O) groups is 12. The van der Waals surface area contributed by atoms with Gasteiger partial charge >= 0.3 is 0 Å². The Labute approximate surface area is 582 Å². The minimum atomic E-state index is -0.916. The number of amides is 5. The fraction of sp³-hybridized carbons (Fsp3) is 0.577. The van der Waals surface area contributed by atoms with Crippen LogP contribution in [-0.4, -0.2) is 194 Å². The molecule has 1 fully saturated rings. The van der Waals surface area contributed by atoms with Crippen molar-refractivity contribution in [3.63, 3.8) is 0 Å². The molecule has 1 heterocycles. The van der Waals surface area contributed by atoms with Gasteiger partial charge in [0.05, 0.1) is 0 Å². The number of aldehydes is 1. The fourth-order valence-electron chi connectivity index (χ4n) is 7.16. The molecule has 25 nitrogen and oxygen atoms in total. The molecule has 1 saturated heterocycles. The van der Waals surface area contributed by atoms with Crippen molar-refractivity contribution in [2.75, 3.05) is 62.4 Å². The molecule has 1 aliphatic rings. The minimum Gasteiger partial charge on any atom is -0.394 e. The van der Waals surface area contributed by atoms with Crippen LogP contribution < -0.4 is 46.7 Å². The number of nitrogens with zero attached hydrogens (tertiary/aromatic N) is 4. The molecular formula is C71H142N12O13. The zero-order valence-electron chi connectivity index (χ0n) is 63.7. The number of carbonyl (C=O) groups excluding carboxylic acids is 12. The summed E-state index contributed by atoms with van der Waals surface area (Å²) in [5.41, 5.74) is 21.5. The number of hydrogen-bond donors (Lipinski definition) is 9. The third-order valence-electron chi connectivity index (χ3n) is 12.5. The summed E-state index contributed by atoms with van der Waals surface area (Å²) in [4.78, 5) is 131. The molecule has 1 aliphatic heterocycles. The van der Waals surface area contributed by atoms with Crippen LogP contribution in [0, 0.1) is 17.8 Å². The highest BCUT2D eigenvalue weighted by Crippen LogP contribution is 2.20. The minimum absolute atomic E-state index is 0. The molecule has 5 atom stereocenters. The van der Waals surface area contributed by atoms with Gasteiger partial charge in [-0.25, -0.2) is 0 Å². The van der Waals surface area contributed by atoms with Crippen LogP contribution in [0.3, 0.4) is 0 Å². The predicted molar refractivity (Wildman–Crippen MR) is 401 cm³/mol. The second-order valence-electron chi connectivity index (χ2n) is 19.7. The van der Waals surface area contributed by atoms with Gasteiger partial charge in [-0.3, -0.25) is 24.0 Å². The van der Waals surface area contributed by atoms with E-state index in [1.807, 2.05) is 154 Å². The number of aliphatic hydroxyl groups excluding tert-OH is 1. The number of rotatable bonds is 19. The van der Waals surface area contributed by atoms with Gasteiger partial charge in [0.25, 0.3) is 0 Å². The van der Waals surface area contributed by atoms with Gasteiger partial charge < -0.3 is 105 Å². The summed E-state index contributed by atoms with van der Waals surface area (Å²) in [7, 11) is 10.7. The number of nitrogens with one attached hydrogen (secondary N) is 1. The van der Waals surface area contributed by atoms with Crippen molar-refractivity contribution < 1.29 is 62.6 Å². The van der Waals surface area contributed by atoms with Gasteiger partial charge in [0.2, 0.25) is 29.5 Å². The molecule has 0 radical (unpaired) electrons. The zero-order valence-corrected chi connectivity index (χ0v) is 63.7. The van der Waals surface area contributed by atoms with Gasteiger partial charge in [-0.2, -0.15) is 0 Å². The molecule has 0 saturated carbocycles. The number of benzene rings is 3. The molecule has 0 bridgehead atoms. The van der Waals surface area contributed by atoms with Gasteiger partial charge in [-0.15, -0.1) is 0 Å². The molecule has 564 valence electrons. The molecular weight excluding hydrogens is 1230 g/mol. The van der Waals surface area contributed by atoms with Crippen molar-refractivity contribution in [3.8, 4) is 0 Å². The number of hydrogen-bond acceptors (Lipinski definition) is 20. The first-order valence-electron chi connectivity index (χ1n) is 31.2. The number of piperidine rings is 1. The molecule has 5 amide bonds. The highest BCUT2D eigenvalue weighted by Gasteiger charge is 2.39. The lowest BCUT2D eigenvalue weighted by molar-refractivity contribution is -0.151. The molecule has 96 heavy (non-hydrogen) atoms. The predicted octanol–water partition coefficient (Wildman–Crippen LogP) is 8.55. The summed E-state index contributed by atoms with van der Waals surface area (Å²) in [6, 6.07) is 26.7. The lowest BCUT2D eigenvalue weighted by atomic mass is 9.96. The molecule has 3 aromatic carbocycles. The van der Waals surface area contributed by atoms with E-state index in [1.54, 1.807) is 41.9 Å². The maximum absolute atomic E-state index is 14.1. The smallest absolute Gasteiger partial charge is 0.246 e. The van der Waals surface area contributed by atoms with Crippen LogP contribution in [0.25, 0.3) is 0 Å². The van der Waals surface area contributed by atoms with Gasteiger partial charge in [-0.05, 0) is 122 Å². The molecule has 0 aromatic heterocycles. The van der Waals surface area contributed by atoms with Crippen LogP contribution in [0.5, 0.6) is 0 Å². The summed E-state index contributed by atoms with van der Waals surface area (Å²) in [5.74, 6) is -0.517. The van der Waals surface area contributed by atoms with E-state index in [2.05, 4.69) is 80.2 Å². The Hall–Kier alpha value is -7.62. The number of likely N-dealkylation sites (N-methyl/N-ethyl adjacent to an activating group) is 3. The van der Waals surface area contributed by atoms with Gasteiger partial charge in [-0.1, -0.05) is 173 Å². The molecule has 0 aliphatic carbocycles. The van der Waals surface area contributed by atoms with E-state index in [-0.39, 0.29) is 60.5 Å². The molecule has 0 unspecified atom stereocenters. The quantitative estimate of drug-likeness (QED) is 0.0507. The Kier molecular flexibility index (Phi) is 129. The highest BCUT2D eigenvalue weighted by atomic mass is 16.3. The number of likely N-dealkylation sites (tertiary alicyclic amines) is 1. The normalized spacial score (nSPS) is 10.8. The third-order valence-corrected chi connectivity index (χ3v) is 12.5. The van der Waals surface area contributed by atoms with Crippen molar-refractivity contribution in [1.29, 1.82) is 0 Å². The standard InChI is InChI=1S/C34H55N5O5.C9H10O.C8H10.C5H12.C3H8O.C2H6.4CH5N.6CH2O.3H3N/c1-10-24(4)30(34(44)39-19-15-12-16-20-39)35-31(41)25(5)36(7)32(42)29(22-27-17-13-11-14-18-27)38(9)33(43)28(21-23(2)3)37(8)26(6)40;10-8-4-7-9-5-2-1-3-6-9;1-2-8-6-4-3-5-7-8;1-4-5(2)3;1-3(2)4;11*1-2;;;/h11,13-14,17-18,23-25,28-30H,10,12,15-16,19-22H2,1-9H3,(H,35,41);1-3,5-6,8H,4,7H2;3-7H,2H2,1H3;5H,4H2,1-3H3;3-4H,1-2H3;1-2H3;4*2H2,1H3;6*1H2;3*1H3/t24-,25-,28-,29-,30-;;;;;;;;;;;;;;;;;;/m0................../s1. The van der Waals surface area contributed by atoms with E-state index in [0.717, 1.165) is 49.9 Å². The average Bonchev–Trinajstić information content (AvgIpc) is 0.859. The molecule has 4 rings (SSSR count). The maximum Gasteiger partial charge on any atom is 0.246 e. The second-order valence-corrected chi connectivity index (χ2v) is 19.7. The van der Waals surface area contributed by atoms with Gasteiger partial charge in [0, 0.05) is 60.1 Å². The third kappa shape index (κ3) is 70.7. The van der Waals surface area contributed by atoms with Crippen LogP contribution in [0.15, 0.2) is 91.0 Å². The zero-order chi connectivity index (χ0) is 76.1. The summed E-state index contributed by atoms with van der Waals surface area (Å²) >= 11 is 0. The van der Waals surface area contributed by atoms with Crippen molar-refractivity contribution in [2.24, 2.45) is 40.7 Å². The van der Waals surface area contributed by atoms with E-state index < -0.39 is 36.0 Å². The van der Waals surface area contributed by atoms with Crippen LogP contribution in [0.4, 0.5) is 0 Å². The first kappa shape index (κ1) is 125. The largest absolute Gasteiger partial charge is 0.394 e. The molecule has 0 spiro atoms. The molecule has 3 aromatic rings. The average molecular weight is 1370 g/mol. The van der Waals surface area contributed by atoms with Crippen molar-refractivity contribution in [3.05, 3.63) is 108 Å². The van der Waals surface area contributed by atoms with E-state index in [1.165, 1.54) is 67.4 Å². The monoisotopic (exact) mass is 1370 g/mol. The summed E-state index contributed by atoms with van der Waals surface area (Å²) in [6.07, 6.45) is 9.13. The van der Waals surface area contributed by atoms with Crippen LogP contribution in [0.2, 0.25) is 0 Å². The first-order chi connectivity index (χ1) is 44.6. The van der Waals surface area contributed by atoms with E-state index in [9.17, 15) is 28.8 Å². The number of aliphatic hydroxyl groups is 1. The Morgan fingerprint density at radius 2 is 0.865 bits per heavy atom. The number of aryl methyl sites for hydroxylation is 2. The van der Waals surface area contributed by atoms with Gasteiger partial charge in [0.1, 0.15) is 71.2 Å². The SMILES string of the molecule is C=O.C=O.C=O.C=O.C=O.C=O.CC.CC(C)O.CCC(C)C.CC[C@H](C)[C@H](NC(=O)[C@H](C)N(C)C(=O)[C@H](Cc1ccccc1)N(C)C(=O)[C@H](CC(C)C)N(C)C(C)=O)C(=O)N1CCCCC1.CCc1ccccc1.CN.CN.CN.CN.N.N.N.O=CCCc1ccccc1. The fourth-order valence-corrected chi connectivity index (χ4v) is 7.16. The van der Waals surface area contributed by atoms with Gasteiger partial charge in [0.15, 0.2) is 0 Å². The Balaban J connectivity index is -0.0000000789. The summed E-state index contributed by atoms with van der Waals surface area (Å²) in [5, 5.41) is 11.0. The van der Waals surface area contributed by atoms with E-state index in [0.29, 0.717) is 32.4 Å². The lowest BCUT2D eigenvalue weighted by Gasteiger charge is -2.37. The van der Waals surface area contributed by atoms with Crippen molar-refractivity contribution >= 4 is 76.6 Å². The van der Waals surface area contributed by atoms with Crippen LogP contribution in [-0.2, 0) is 76.8 Å². The Morgan fingerprint density at radius 3 is 1.16 bits per heavy atom. The lowest BCUT2D eigenvalue weighted by Crippen LogP contribution is -2.59. The second kappa shape index (κ2) is 98.4. The highest BCUT2D eigenvalue weighted by molar-refractivity contribution is 5.95. The van der Waals surface area contributed by atoms with E-state index >= 15 is 0 Å².